The van der Waals surface area contributed by atoms with E-state index >= 15 is 0 Å². The Morgan fingerprint density at radius 3 is 2.00 bits per heavy atom. The number of methoxy groups -OCH3 is 2. The number of hydrogen-bond acceptors (Lipinski definition) is 5. The van der Waals surface area contributed by atoms with Crippen LogP contribution in [0.2, 0.25) is 0 Å². The summed E-state index contributed by atoms with van der Waals surface area (Å²) in [4.78, 5) is 0.302. The van der Waals surface area contributed by atoms with Gasteiger partial charge in [-0.05, 0) is 31.2 Å². The maximum absolute atomic E-state index is 11.3. The lowest BCUT2D eigenvalue weighted by molar-refractivity contribution is -0.109. The zero-order valence-electron chi connectivity index (χ0n) is 11.0. The lowest BCUT2D eigenvalue weighted by Crippen LogP contribution is -2.33. The van der Waals surface area contributed by atoms with Crippen LogP contribution in [0.5, 0.6) is 0 Å². The van der Waals surface area contributed by atoms with Crippen LogP contribution in [0.3, 0.4) is 0 Å². The molecule has 0 spiro atoms. The summed E-state index contributed by atoms with van der Waals surface area (Å²) in [6, 6.07) is 6.52. The fraction of sp³-hybridized carbons (Fsp3) is 0.500. The minimum atomic E-state index is -3.15. The molecule has 0 aliphatic heterocycles. The number of rotatable bonds is 6. The molecule has 1 rings (SSSR count). The predicted molar refractivity (Wildman–Crippen MR) is 70.4 cm³/mol. The molecule has 1 aromatic rings. The van der Waals surface area contributed by atoms with E-state index in [1.165, 1.54) is 6.26 Å². The van der Waals surface area contributed by atoms with E-state index in [2.05, 4.69) is 5.32 Å². The van der Waals surface area contributed by atoms with Gasteiger partial charge in [-0.15, -0.1) is 0 Å². The van der Waals surface area contributed by atoms with E-state index in [1.807, 2.05) is 6.92 Å². The first-order chi connectivity index (χ1) is 8.38. The van der Waals surface area contributed by atoms with Crippen LogP contribution in [0, 0.1) is 0 Å². The summed E-state index contributed by atoms with van der Waals surface area (Å²) in [6.45, 7) is 1.92. The van der Waals surface area contributed by atoms with Gasteiger partial charge in [-0.3, -0.25) is 0 Å². The van der Waals surface area contributed by atoms with Gasteiger partial charge < -0.3 is 14.8 Å². The second kappa shape index (κ2) is 6.17. The van der Waals surface area contributed by atoms with Crippen molar-refractivity contribution in [1.29, 1.82) is 0 Å². The zero-order valence-corrected chi connectivity index (χ0v) is 11.8. The summed E-state index contributed by atoms with van der Waals surface area (Å²) < 4.78 is 32.9. The summed E-state index contributed by atoms with van der Waals surface area (Å²) in [7, 11) is -0.0138. The van der Waals surface area contributed by atoms with Crippen molar-refractivity contribution in [3.63, 3.8) is 0 Å². The number of ether oxygens (including phenoxy) is 2. The highest BCUT2D eigenvalue weighted by Crippen LogP contribution is 2.15. The third-order valence-corrected chi connectivity index (χ3v) is 3.68. The van der Waals surface area contributed by atoms with Crippen LogP contribution < -0.4 is 5.32 Å². The highest BCUT2D eigenvalue weighted by atomic mass is 32.2. The third kappa shape index (κ3) is 3.97. The summed E-state index contributed by atoms with van der Waals surface area (Å²) in [6.07, 6.45) is 0.823. The van der Waals surface area contributed by atoms with Gasteiger partial charge in [0.25, 0.3) is 0 Å². The van der Waals surface area contributed by atoms with Crippen LogP contribution in [0.1, 0.15) is 6.92 Å². The fourth-order valence-corrected chi connectivity index (χ4v) is 2.26. The van der Waals surface area contributed by atoms with Crippen LogP contribution in [-0.2, 0) is 19.3 Å². The first-order valence-corrected chi connectivity index (χ1v) is 7.40. The van der Waals surface area contributed by atoms with Crippen LogP contribution in [0.25, 0.3) is 0 Å². The van der Waals surface area contributed by atoms with E-state index in [0.717, 1.165) is 5.69 Å². The quantitative estimate of drug-likeness (QED) is 0.796. The van der Waals surface area contributed by atoms with Gasteiger partial charge in [0, 0.05) is 26.2 Å². The van der Waals surface area contributed by atoms with Crippen LogP contribution >= 0.6 is 0 Å². The van der Waals surface area contributed by atoms with Crippen LogP contribution in [-0.4, -0.2) is 41.2 Å². The topological polar surface area (TPSA) is 64.6 Å². The van der Waals surface area contributed by atoms with Crippen molar-refractivity contribution in [2.45, 2.75) is 24.2 Å². The molecule has 18 heavy (non-hydrogen) atoms. The van der Waals surface area contributed by atoms with Gasteiger partial charge in [0.1, 0.15) is 0 Å². The Labute approximate surface area is 108 Å². The molecular weight excluding hydrogens is 254 g/mol. The Morgan fingerprint density at radius 2 is 1.61 bits per heavy atom. The Balaban J connectivity index is 2.75. The number of hydrogen-bond donors (Lipinski definition) is 1. The number of sulfone groups is 1. The first-order valence-electron chi connectivity index (χ1n) is 5.50. The molecule has 1 unspecified atom stereocenters. The Kier molecular flexibility index (Phi) is 5.13. The number of benzene rings is 1. The standard InChI is InChI=1S/C12H19NO4S/c1-9(12(16-2)17-3)13-10-5-7-11(8-6-10)18(4,14)15/h5-9,12-13H,1-4H3. The van der Waals surface area contributed by atoms with Crippen molar-refractivity contribution in [2.24, 2.45) is 0 Å². The van der Waals surface area contributed by atoms with Gasteiger partial charge in [0.15, 0.2) is 16.1 Å². The van der Waals surface area contributed by atoms with E-state index in [4.69, 9.17) is 9.47 Å². The zero-order chi connectivity index (χ0) is 13.8. The fourth-order valence-electron chi connectivity index (χ4n) is 1.63. The average Bonchev–Trinajstić information content (AvgIpc) is 2.30. The van der Waals surface area contributed by atoms with Gasteiger partial charge >= 0.3 is 0 Å². The van der Waals surface area contributed by atoms with E-state index in [0.29, 0.717) is 4.90 Å². The molecule has 0 fully saturated rings. The second-order valence-corrected chi connectivity index (χ2v) is 6.09. The molecule has 0 aliphatic carbocycles. The first kappa shape index (κ1) is 14.9. The molecule has 1 atom stereocenters. The molecule has 0 radical (unpaired) electrons. The molecule has 6 heteroatoms. The Bertz CT molecular complexity index is 465. The Morgan fingerprint density at radius 1 is 1.11 bits per heavy atom. The molecule has 5 nitrogen and oxygen atoms in total. The highest BCUT2D eigenvalue weighted by molar-refractivity contribution is 7.90. The van der Waals surface area contributed by atoms with Crippen molar-refractivity contribution >= 4 is 15.5 Å². The summed E-state index contributed by atoms with van der Waals surface area (Å²) in [5, 5.41) is 3.18. The van der Waals surface area contributed by atoms with E-state index in [-0.39, 0.29) is 12.3 Å². The van der Waals surface area contributed by atoms with E-state index in [9.17, 15) is 8.42 Å². The molecule has 0 amide bonds. The maximum atomic E-state index is 11.3. The molecule has 0 aliphatic rings. The molecule has 0 saturated carbocycles. The highest BCUT2D eigenvalue weighted by Gasteiger charge is 2.15. The Hall–Kier alpha value is -1.11. The summed E-state index contributed by atoms with van der Waals surface area (Å²) in [5.74, 6) is 0. The molecule has 0 saturated heterocycles. The second-order valence-electron chi connectivity index (χ2n) is 4.07. The largest absolute Gasteiger partial charge is 0.377 e. The number of anilines is 1. The SMILES string of the molecule is COC(OC)C(C)Nc1ccc(S(C)(=O)=O)cc1. The molecule has 0 heterocycles. The lowest BCUT2D eigenvalue weighted by Gasteiger charge is -2.23. The lowest BCUT2D eigenvalue weighted by atomic mass is 10.2. The van der Waals surface area contributed by atoms with Crippen molar-refractivity contribution in [3.8, 4) is 0 Å². The third-order valence-electron chi connectivity index (χ3n) is 2.55. The molecule has 1 N–H and O–H groups in total. The van der Waals surface area contributed by atoms with Crippen molar-refractivity contribution in [2.75, 3.05) is 25.8 Å². The van der Waals surface area contributed by atoms with Gasteiger partial charge in [-0.2, -0.15) is 0 Å². The van der Waals surface area contributed by atoms with Crippen LogP contribution in [0.4, 0.5) is 5.69 Å². The minimum Gasteiger partial charge on any atom is -0.377 e. The van der Waals surface area contributed by atoms with E-state index < -0.39 is 9.84 Å². The van der Waals surface area contributed by atoms with Crippen molar-refractivity contribution in [1.82, 2.24) is 0 Å². The van der Waals surface area contributed by atoms with E-state index in [1.54, 1.807) is 38.5 Å². The van der Waals surface area contributed by atoms with Gasteiger partial charge in [-0.1, -0.05) is 0 Å². The van der Waals surface area contributed by atoms with Gasteiger partial charge in [-0.25, -0.2) is 8.42 Å². The minimum absolute atomic E-state index is 0.0518. The molecule has 1 aromatic carbocycles. The average molecular weight is 273 g/mol. The van der Waals surface area contributed by atoms with Gasteiger partial charge in [0.2, 0.25) is 0 Å². The summed E-state index contributed by atoms with van der Waals surface area (Å²) in [5.41, 5.74) is 0.814. The molecule has 0 aromatic heterocycles. The normalized spacial score (nSPS) is 13.6. The molecular formula is C12H19NO4S. The maximum Gasteiger partial charge on any atom is 0.176 e. The van der Waals surface area contributed by atoms with Gasteiger partial charge in [0.05, 0.1) is 10.9 Å². The summed E-state index contributed by atoms with van der Waals surface area (Å²) >= 11 is 0. The smallest absolute Gasteiger partial charge is 0.176 e. The van der Waals surface area contributed by atoms with Crippen LogP contribution in [0.15, 0.2) is 29.2 Å². The predicted octanol–water partition coefficient (Wildman–Crippen LogP) is 1.51. The molecule has 0 bridgehead atoms. The number of nitrogens with one attached hydrogen (secondary N) is 1. The molecule has 102 valence electrons. The monoisotopic (exact) mass is 273 g/mol. The van der Waals surface area contributed by atoms with Crippen molar-refractivity contribution in [3.05, 3.63) is 24.3 Å². The van der Waals surface area contributed by atoms with Crippen molar-refractivity contribution < 1.29 is 17.9 Å².